The molecule has 0 radical (unpaired) electrons. The second kappa shape index (κ2) is 7.73. The van der Waals surface area contributed by atoms with Crippen LogP contribution in [0.25, 0.3) is 0 Å². The summed E-state index contributed by atoms with van der Waals surface area (Å²) in [6, 6.07) is 3.84. The molecule has 2 aromatic rings. The summed E-state index contributed by atoms with van der Waals surface area (Å²) in [5.74, 6) is 0. The summed E-state index contributed by atoms with van der Waals surface area (Å²) in [5, 5.41) is 18.9. The highest BCUT2D eigenvalue weighted by Gasteiger charge is 2.32. The molecule has 0 amide bonds. The molecule has 1 atom stereocenters. The highest BCUT2D eigenvalue weighted by molar-refractivity contribution is 7.89. The van der Waals surface area contributed by atoms with Gasteiger partial charge in [0.1, 0.15) is 4.90 Å². The Labute approximate surface area is 168 Å². The van der Waals surface area contributed by atoms with Crippen LogP contribution in [0.4, 0.5) is 11.4 Å². The number of aryl methyl sites for hydroxylation is 1. The summed E-state index contributed by atoms with van der Waals surface area (Å²) in [7, 11) is -2.02. The molecule has 2 heterocycles. The number of hydrogen-bond acceptors (Lipinski definition) is 7. The molecule has 4 rings (SSSR count). The predicted molar refractivity (Wildman–Crippen MR) is 105 cm³/mol. The van der Waals surface area contributed by atoms with Crippen LogP contribution < -0.4 is 5.32 Å². The molecule has 1 unspecified atom stereocenters. The molecule has 1 aliphatic heterocycles. The van der Waals surface area contributed by atoms with E-state index < -0.39 is 14.9 Å². The minimum Gasteiger partial charge on any atom is -0.379 e. The van der Waals surface area contributed by atoms with Gasteiger partial charge < -0.3 is 10.1 Å². The summed E-state index contributed by atoms with van der Waals surface area (Å²) >= 11 is 0. The fraction of sp³-hybridized carbons (Fsp3) is 0.500. The van der Waals surface area contributed by atoms with Crippen molar-refractivity contribution in [3.05, 3.63) is 45.8 Å². The molecule has 1 fully saturated rings. The number of ether oxygens (including phenoxy) is 1. The fourth-order valence-electron chi connectivity index (χ4n) is 3.93. The first kappa shape index (κ1) is 19.8. The number of hydrogen-bond donors (Lipinski definition) is 1. The maximum atomic E-state index is 13.3. The third-order valence-corrected chi connectivity index (χ3v) is 7.41. The van der Waals surface area contributed by atoms with Crippen molar-refractivity contribution in [1.29, 1.82) is 0 Å². The molecule has 2 aliphatic rings. The minimum absolute atomic E-state index is 0.0791. The zero-order chi connectivity index (χ0) is 20.6. The van der Waals surface area contributed by atoms with Crippen LogP contribution >= 0.6 is 0 Å². The molecule has 0 spiro atoms. The summed E-state index contributed by atoms with van der Waals surface area (Å²) in [4.78, 5) is 10.6. The SMILES string of the molecule is Cn1ncc2c1CCCC2Nc1ccc([N+](=O)[O-])cc1S(=O)(=O)N1CCOCC1. The van der Waals surface area contributed by atoms with Gasteiger partial charge in [-0.15, -0.1) is 0 Å². The van der Waals surface area contributed by atoms with Crippen molar-refractivity contribution < 1.29 is 18.1 Å². The molecule has 1 aromatic heterocycles. The molecule has 1 saturated heterocycles. The lowest BCUT2D eigenvalue weighted by molar-refractivity contribution is -0.385. The van der Waals surface area contributed by atoms with Gasteiger partial charge in [0.2, 0.25) is 10.0 Å². The lowest BCUT2D eigenvalue weighted by atomic mass is 9.93. The first-order valence-corrected chi connectivity index (χ1v) is 11.0. The first-order valence-electron chi connectivity index (χ1n) is 9.51. The number of anilines is 1. The van der Waals surface area contributed by atoms with Crippen molar-refractivity contribution in [2.45, 2.75) is 30.2 Å². The van der Waals surface area contributed by atoms with E-state index in [1.165, 1.54) is 16.4 Å². The molecule has 156 valence electrons. The summed E-state index contributed by atoms with van der Waals surface area (Å²) in [5.41, 5.74) is 2.26. The van der Waals surface area contributed by atoms with Crippen LogP contribution in [-0.2, 0) is 28.2 Å². The van der Waals surface area contributed by atoms with Gasteiger partial charge in [-0.3, -0.25) is 14.8 Å². The van der Waals surface area contributed by atoms with Gasteiger partial charge in [-0.05, 0) is 25.3 Å². The number of aromatic nitrogens is 2. The van der Waals surface area contributed by atoms with Gasteiger partial charge >= 0.3 is 0 Å². The van der Waals surface area contributed by atoms with Crippen LogP contribution in [0.2, 0.25) is 0 Å². The third-order valence-electron chi connectivity index (χ3n) is 5.47. The smallest absolute Gasteiger partial charge is 0.270 e. The average molecular weight is 421 g/mol. The Kier molecular flexibility index (Phi) is 5.28. The zero-order valence-electron chi connectivity index (χ0n) is 16.1. The van der Waals surface area contributed by atoms with Gasteiger partial charge in [-0.2, -0.15) is 9.40 Å². The zero-order valence-corrected chi connectivity index (χ0v) is 16.9. The van der Waals surface area contributed by atoms with Gasteiger partial charge in [0.15, 0.2) is 0 Å². The maximum absolute atomic E-state index is 13.3. The number of morpholine rings is 1. The second-order valence-electron chi connectivity index (χ2n) is 7.21. The second-order valence-corrected chi connectivity index (χ2v) is 9.12. The van der Waals surface area contributed by atoms with E-state index in [1.807, 2.05) is 11.7 Å². The lowest BCUT2D eigenvalue weighted by Gasteiger charge is -2.29. The molecule has 1 N–H and O–H groups in total. The quantitative estimate of drug-likeness (QED) is 0.578. The number of rotatable bonds is 5. The van der Waals surface area contributed by atoms with Gasteiger partial charge in [-0.25, -0.2) is 8.42 Å². The van der Waals surface area contributed by atoms with Crippen LogP contribution in [0, 0.1) is 10.1 Å². The highest BCUT2D eigenvalue weighted by atomic mass is 32.2. The monoisotopic (exact) mass is 421 g/mol. The molecular weight excluding hydrogens is 398 g/mol. The number of nitrogens with one attached hydrogen (secondary N) is 1. The average Bonchev–Trinajstić information content (AvgIpc) is 3.11. The van der Waals surface area contributed by atoms with Crippen molar-refractivity contribution in [3.63, 3.8) is 0 Å². The highest BCUT2D eigenvalue weighted by Crippen LogP contribution is 2.36. The Morgan fingerprint density at radius 2 is 2.07 bits per heavy atom. The van der Waals surface area contributed by atoms with E-state index in [2.05, 4.69) is 10.4 Å². The van der Waals surface area contributed by atoms with Gasteiger partial charge in [-0.1, -0.05) is 0 Å². The molecular formula is C18H23N5O5S. The molecule has 1 aromatic carbocycles. The normalized spacial score (nSPS) is 20.2. The molecule has 11 heteroatoms. The third kappa shape index (κ3) is 3.72. The van der Waals surface area contributed by atoms with Crippen molar-refractivity contribution >= 4 is 21.4 Å². The van der Waals surface area contributed by atoms with E-state index in [9.17, 15) is 18.5 Å². The van der Waals surface area contributed by atoms with Crippen molar-refractivity contribution in [2.24, 2.45) is 7.05 Å². The molecule has 10 nitrogen and oxygen atoms in total. The summed E-state index contributed by atoms with van der Waals surface area (Å²) in [6.07, 6.45) is 4.49. The standard InChI is InChI=1S/C18H23N5O5S/c1-21-17-4-2-3-15(14(17)12-19-21)20-16-6-5-13(23(24)25)11-18(16)29(26,27)22-7-9-28-10-8-22/h5-6,11-12,15,20H,2-4,7-10H2,1H3. The van der Waals surface area contributed by atoms with Crippen LogP contribution in [0.15, 0.2) is 29.3 Å². The molecule has 1 aliphatic carbocycles. The van der Waals surface area contributed by atoms with Crippen LogP contribution in [-0.4, -0.2) is 53.7 Å². The number of nitro benzene ring substituents is 1. The van der Waals surface area contributed by atoms with E-state index in [-0.39, 0.29) is 29.7 Å². The number of non-ortho nitro benzene ring substituents is 1. The lowest BCUT2D eigenvalue weighted by Crippen LogP contribution is -2.40. The predicted octanol–water partition coefficient (Wildman–Crippen LogP) is 1.84. The Balaban J connectivity index is 1.73. The summed E-state index contributed by atoms with van der Waals surface area (Å²) < 4.78 is 34.9. The largest absolute Gasteiger partial charge is 0.379 e. The van der Waals surface area contributed by atoms with E-state index in [0.29, 0.717) is 18.9 Å². The van der Waals surface area contributed by atoms with E-state index in [0.717, 1.165) is 36.6 Å². The van der Waals surface area contributed by atoms with Gasteiger partial charge in [0.05, 0.1) is 36.1 Å². The van der Waals surface area contributed by atoms with Crippen LogP contribution in [0.5, 0.6) is 0 Å². The number of nitro groups is 1. The minimum atomic E-state index is -3.91. The van der Waals surface area contributed by atoms with Gasteiger partial charge in [0, 0.05) is 43.5 Å². The Morgan fingerprint density at radius 3 is 2.79 bits per heavy atom. The Bertz CT molecular complexity index is 1030. The Hall–Kier alpha value is -2.50. The summed E-state index contributed by atoms with van der Waals surface area (Å²) in [6.45, 7) is 1.05. The Morgan fingerprint density at radius 1 is 1.31 bits per heavy atom. The number of sulfonamides is 1. The van der Waals surface area contributed by atoms with Crippen molar-refractivity contribution in [3.8, 4) is 0 Å². The fourth-order valence-corrected chi connectivity index (χ4v) is 5.51. The number of nitrogens with zero attached hydrogens (tertiary/aromatic N) is 4. The molecule has 0 bridgehead atoms. The maximum Gasteiger partial charge on any atom is 0.270 e. The van der Waals surface area contributed by atoms with E-state index in [1.54, 1.807) is 6.20 Å². The van der Waals surface area contributed by atoms with Crippen LogP contribution in [0.3, 0.4) is 0 Å². The van der Waals surface area contributed by atoms with Crippen LogP contribution in [0.1, 0.15) is 30.1 Å². The van der Waals surface area contributed by atoms with Crippen molar-refractivity contribution in [2.75, 3.05) is 31.6 Å². The topological polar surface area (TPSA) is 120 Å². The van der Waals surface area contributed by atoms with Gasteiger partial charge in [0.25, 0.3) is 5.69 Å². The van der Waals surface area contributed by atoms with E-state index in [4.69, 9.17) is 4.74 Å². The van der Waals surface area contributed by atoms with Crippen molar-refractivity contribution in [1.82, 2.24) is 14.1 Å². The molecule has 0 saturated carbocycles. The van der Waals surface area contributed by atoms with E-state index >= 15 is 0 Å². The molecule has 29 heavy (non-hydrogen) atoms. The first-order chi connectivity index (χ1) is 13.9. The number of fused-ring (bicyclic) bond motifs is 1. The number of benzene rings is 1.